The predicted molar refractivity (Wildman–Crippen MR) is 103 cm³/mol. The van der Waals surface area contributed by atoms with Gasteiger partial charge in [-0.1, -0.05) is 24.3 Å². The maximum atomic E-state index is 12.7. The molecule has 2 heterocycles. The van der Waals surface area contributed by atoms with Gasteiger partial charge in [-0.3, -0.25) is 9.69 Å². The monoisotopic (exact) mass is 349 g/mol. The lowest BCUT2D eigenvalue weighted by atomic mass is 10.1. The van der Waals surface area contributed by atoms with Gasteiger partial charge in [-0.2, -0.15) is 0 Å². The highest BCUT2D eigenvalue weighted by Gasteiger charge is 2.33. The average Bonchev–Trinajstić information content (AvgIpc) is 3.21. The van der Waals surface area contributed by atoms with Crippen LogP contribution in [0.15, 0.2) is 42.5 Å². The third-order valence-electron chi connectivity index (χ3n) is 5.39. The smallest absolute Gasteiger partial charge is 0.322 e. The van der Waals surface area contributed by atoms with E-state index in [1.54, 1.807) is 9.80 Å². The van der Waals surface area contributed by atoms with Gasteiger partial charge >= 0.3 is 6.03 Å². The summed E-state index contributed by atoms with van der Waals surface area (Å²) < 4.78 is 0. The lowest BCUT2D eigenvalue weighted by molar-refractivity contribution is -0.117. The minimum absolute atomic E-state index is 0.0559. The minimum Gasteiger partial charge on any atom is -0.333 e. The van der Waals surface area contributed by atoms with Gasteiger partial charge < -0.3 is 10.2 Å². The van der Waals surface area contributed by atoms with Gasteiger partial charge in [-0.05, 0) is 55.2 Å². The second kappa shape index (κ2) is 6.48. The fourth-order valence-electron chi connectivity index (χ4n) is 3.75. The number of carbonyl (C=O) groups is 2. The Hall–Kier alpha value is -2.82. The summed E-state index contributed by atoms with van der Waals surface area (Å²) in [5.41, 5.74) is 5.44. The molecule has 2 aromatic rings. The molecular formula is C21H23N3O2. The number of para-hydroxylation sites is 1. The number of carbonyl (C=O) groups excluding carboxylic acids is 2. The summed E-state index contributed by atoms with van der Waals surface area (Å²) in [5, 5.41) is 3.04. The molecule has 2 aromatic carbocycles. The Morgan fingerprint density at radius 2 is 1.92 bits per heavy atom. The van der Waals surface area contributed by atoms with Gasteiger partial charge in [0, 0.05) is 30.9 Å². The molecule has 5 nitrogen and oxygen atoms in total. The summed E-state index contributed by atoms with van der Waals surface area (Å²) in [6.45, 7) is 5.31. The van der Waals surface area contributed by atoms with Crippen LogP contribution in [0.5, 0.6) is 0 Å². The van der Waals surface area contributed by atoms with Crippen LogP contribution in [0.2, 0.25) is 0 Å². The van der Waals surface area contributed by atoms with E-state index in [0.29, 0.717) is 19.5 Å². The van der Waals surface area contributed by atoms with E-state index in [1.165, 1.54) is 11.1 Å². The second-order valence-corrected chi connectivity index (χ2v) is 7.15. The van der Waals surface area contributed by atoms with E-state index in [0.717, 1.165) is 23.4 Å². The van der Waals surface area contributed by atoms with Crippen molar-refractivity contribution in [3.8, 4) is 0 Å². The molecular weight excluding hydrogens is 326 g/mol. The maximum absolute atomic E-state index is 12.7. The van der Waals surface area contributed by atoms with E-state index in [9.17, 15) is 9.59 Å². The minimum atomic E-state index is -0.163. The van der Waals surface area contributed by atoms with Crippen molar-refractivity contribution in [2.75, 3.05) is 22.9 Å². The zero-order valence-corrected chi connectivity index (χ0v) is 15.2. The summed E-state index contributed by atoms with van der Waals surface area (Å²) in [7, 11) is 0. The van der Waals surface area contributed by atoms with Crippen LogP contribution in [0, 0.1) is 13.8 Å². The number of hydrogen-bond acceptors (Lipinski definition) is 2. The predicted octanol–water partition coefficient (Wildman–Crippen LogP) is 3.18. The number of aryl methyl sites for hydroxylation is 2. The summed E-state index contributed by atoms with van der Waals surface area (Å²) >= 11 is 0. The van der Waals surface area contributed by atoms with Crippen molar-refractivity contribution in [3.63, 3.8) is 0 Å². The van der Waals surface area contributed by atoms with Crippen LogP contribution in [-0.2, 0) is 11.2 Å². The van der Waals surface area contributed by atoms with Gasteiger partial charge in [0.25, 0.3) is 0 Å². The fraction of sp³-hybridized carbons (Fsp3) is 0.333. The van der Waals surface area contributed by atoms with Gasteiger partial charge in [0.15, 0.2) is 0 Å². The summed E-state index contributed by atoms with van der Waals surface area (Å²) in [6.07, 6.45) is 1.22. The van der Waals surface area contributed by atoms with Crippen molar-refractivity contribution in [2.24, 2.45) is 0 Å². The van der Waals surface area contributed by atoms with Gasteiger partial charge in [-0.25, -0.2) is 4.79 Å². The van der Waals surface area contributed by atoms with Crippen LogP contribution in [0.3, 0.4) is 0 Å². The molecule has 0 radical (unpaired) electrons. The van der Waals surface area contributed by atoms with Gasteiger partial charge in [0.05, 0.1) is 6.04 Å². The van der Waals surface area contributed by atoms with Crippen molar-refractivity contribution >= 4 is 23.3 Å². The summed E-state index contributed by atoms with van der Waals surface area (Å²) in [5.74, 6) is 0.0559. The normalized spacial score (nSPS) is 19.0. The Morgan fingerprint density at radius 3 is 2.73 bits per heavy atom. The average molecular weight is 349 g/mol. The molecule has 0 aromatic heterocycles. The zero-order valence-electron chi connectivity index (χ0n) is 15.2. The largest absolute Gasteiger partial charge is 0.333 e. The second-order valence-electron chi connectivity index (χ2n) is 7.15. The van der Waals surface area contributed by atoms with Crippen LogP contribution in [0.1, 0.15) is 23.1 Å². The van der Waals surface area contributed by atoms with E-state index in [-0.39, 0.29) is 18.0 Å². The number of nitrogens with one attached hydrogen (secondary N) is 1. The Labute approximate surface area is 153 Å². The highest BCUT2D eigenvalue weighted by molar-refractivity contribution is 5.98. The molecule has 2 aliphatic rings. The van der Waals surface area contributed by atoms with Crippen LogP contribution in [0.4, 0.5) is 16.2 Å². The van der Waals surface area contributed by atoms with Crippen molar-refractivity contribution in [3.05, 3.63) is 59.2 Å². The lowest BCUT2D eigenvalue weighted by Crippen LogP contribution is -2.45. The number of amides is 3. The highest BCUT2D eigenvalue weighted by Crippen LogP contribution is 2.28. The molecule has 1 fully saturated rings. The van der Waals surface area contributed by atoms with Gasteiger partial charge in [0.1, 0.15) is 0 Å². The van der Waals surface area contributed by atoms with Gasteiger partial charge in [-0.15, -0.1) is 0 Å². The standard InChI is InChI=1S/C21H23N3O2/c1-14-7-8-18(11-15(14)2)24-13-17(12-20(24)25)22-21(26)23-10-9-16-5-3-4-6-19(16)23/h3-8,11,17H,9-10,12-13H2,1-2H3,(H,22,26)/t17-/m1/s1. The van der Waals surface area contributed by atoms with Crippen molar-refractivity contribution in [1.82, 2.24) is 5.32 Å². The number of urea groups is 1. The first kappa shape index (κ1) is 16.6. The Balaban J connectivity index is 1.44. The van der Waals surface area contributed by atoms with E-state index in [1.807, 2.05) is 43.3 Å². The highest BCUT2D eigenvalue weighted by atomic mass is 16.2. The molecule has 0 bridgehead atoms. The number of hydrogen-bond donors (Lipinski definition) is 1. The summed E-state index contributed by atoms with van der Waals surface area (Å²) in [6, 6.07) is 13.7. The number of nitrogens with zero attached hydrogens (tertiary/aromatic N) is 2. The van der Waals surface area contributed by atoms with Crippen molar-refractivity contribution in [2.45, 2.75) is 32.7 Å². The molecule has 1 saturated heterocycles. The molecule has 4 rings (SSSR count). The number of anilines is 2. The van der Waals surface area contributed by atoms with Crippen molar-refractivity contribution < 1.29 is 9.59 Å². The molecule has 0 spiro atoms. The molecule has 26 heavy (non-hydrogen) atoms. The van der Waals surface area contributed by atoms with E-state index >= 15 is 0 Å². The molecule has 5 heteroatoms. The fourth-order valence-corrected chi connectivity index (χ4v) is 3.75. The third-order valence-corrected chi connectivity index (χ3v) is 5.39. The Kier molecular flexibility index (Phi) is 4.15. The van der Waals surface area contributed by atoms with Gasteiger partial charge in [0.2, 0.25) is 5.91 Å². The molecule has 0 unspecified atom stereocenters. The number of fused-ring (bicyclic) bond motifs is 1. The third kappa shape index (κ3) is 2.94. The van der Waals surface area contributed by atoms with Crippen molar-refractivity contribution in [1.29, 1.82) is 0 Å². The van der Waals surface area contributed by atoms with Crippen LogP contribution >= 0.6 is 0 Å². The SMILES string of the molecule is Cc1ccc(N2C[C@H](NC(=O)N3CCc4ccccc43)CC2=O)cc1C. The van der Waals surface area contributed by atoms with Crippen LogP contribution < -0.4 is 15.1 Å². The van der Waals surface area contributed by atoms with E-state index in [2.05, 4.69) is 18.3 Å². The first-order valence-electron chi connectivity index (χ1n) is 9.06. The Morgan fingerprint density at radius 1 is 1.12 bits per heavy atom. The Bertz CT molecular complexity index is 877. The topological polar surface area (TPSA) is 52.7 Å². The lowest BCUT2D eigenvalue weighted by Gasteiger charge is -2.22. The molecule has 0 aliphatic carbocycles. The van der Waals surface area contributed by atoms with Crippen LogP contribution in [-0.4, -0.2) is 31.1 Å². The number of benzene rings is 2. The first-order valence-corrected chi connectivity index (χ1v) is 9.06. The zero-order chi connectivity index (χ0) is 18.3. The summed E-state index contributed by atoms with van der Waals surface area (Å²) in [4.78, 5) is 28.7. The quantitative estimate of drug-likeness (QED) is 0.905. The van der Waals surface area contributed by atoms with E-state index < -0.39 is 0 Å². The molecule has 3 amide bonds. The molecule has 0 saturated carbocycles. The molecule has 2 aliphatic heterocycles. The first-order chi connectivity index (χ1) is 12.5. The van der Waals surface area contributed by atoms with Crippen LogP contribution in [0.25, 0.3) is 0 Å². The van der Waals surface area contributed by atoms with E-state index in [4.69, 9.17) is 0 Å². The molecule has 1 N–H and O–H groups in total. The maximum Gasteiger partial charge on any atom is 0.322 e. The molecule has 1 atom stereocenters. The number of rotatable bonds is 2. The molecule has 134 valence electrons.